The Balaban J connectivity index is 1.98. The van der Waals surface area contributed by atoms with Gasteiger partial charge in [0, 0.05) is 17.6 Å². The summed E-state index contributed by atoms with van der Waals surface area (Å²) >= 11 is 3.51. The van der Waals surface area contributed by atoms with E-state index in [2.05, 4.69) is 33.5 Å². The number of carbonyl (C=O) groups is 1. The third kappa shape index (κ3) is 3.37. The zero-order valence-electron chi connectivity index (χ0n) is 11.3. The molecule has 3 nitrogen and oxygen atoms in total. The van der Waals surface area contributed by atoms with Crippen LogP contribution in [0.2, 0.25) is 0 Å². The third-order valence-electron chi connectivity index (χ3n) is 3.85. The standard InChI is InChI=1S/C15H21BrN2O/c1-2-7-15(8-9-17-11-15)14(19)18-10-12-5-3-4-6-13(12)16/h3-6,17H,2,7-11H2,1H3,(H,18,19). The van der Waals surface area contributed by atoms with Gasteiger partial charge in [-0.2, -0.15) is 0 Å². The second-order valence-electron chi connectivity index (χ2n) is 5.23. The molecule has 2 rings (SSSR count). The number of carbonyl (C=O) groups excluding carboxylic acids is 1. The van der Waals surface area contributed by atoms with Crippen LogP contribution in [-0.4, -0.2) is 19.0 Å². The lowest BCUT2D eigenvalue weighted by molar-refractivity contribution is -0.130. The van der Waals surface area contributed by atoms with Crippen LogP contribution in [-0.2, 0) is 11.3 Å². The molecule has 0 radical (unpaired) electrons. The summed E-state index contributed by atoms with van der Waals surface area (Å²) in [6.45, 7) is 4.48. The molecule has 0 aliphatic carbocycles. The molecule has 0 saturated carbocycles. The lowest BCUT2D eigenvalue weighted by Crippen LogP contribution is -2.42. The maximum atomic E-state index is 12.5. The van der Waals surface area contributed by atoms with Gasteiger partial charge in [-0.1, -0.05) is 47.5 Å². The van der Waals surface area contributed by atoms with Crippen molar-refractivity contribution in [2.75, 3.05) is 13.1 Å². The molecule has 1 aromatic carbocycles. The zero-order chi connectivity index (χ0) is 13.7. The Morgan fingerprint density at radius 2 is 2.26 bits per heavy atom. The van der Waals surface area contributed by atoms with Crippen LogP contribution in [0, 0.1) is 5.41 Å². The number of hydrogen-bond donors (Lipinski definition) is 2. The van der Waals surface area contributed by atoms with E-state index < -0.39 is 0 Å². The molecule has 4 heteroatoms. The Kier molecular flexibility index (Phi) is 4.99. The van der Waals surface area contributed by atoms with Gasteiger partial charge in [0.15, 0.2) is 0 Å². The summed E-state index contributed by atoms with van der Waals surface area (Å²) < 4.78 is 1.05. The van der Waals surface area contributed by atoms with E-state index in [4.69, 9.17) is 0 Å². The van der Waals surface area contributed by atoms with E-state index in [0.717, 1.165) is 42.4 Å². The van der Waals surface area contributed by atoms with E-state index in [0.29, 0.717) is 6.54 Å². The molecule has 1 aromatic rings. The Hall–Kier alpha value is -0.870. The van der Waals surface area contributed by atoms with Crippen LogP contribution in [0.25, 0.3) is 0 Å². The fourth-order valence-corrected chi connectivity index (χ4v) is 3.17. The van der Waals surface area contributed by atoms with Gasteiger partial charge in [-0.15, -0.1) is 0 Å². The van der Waals surface area contributed by atoms with Crippen molar-refractivity contribution in [2.45, 2.75) is 32.7 Å². The average molecular weight is 325 g/mol. The molecular weight excluding hydrogens is 304 g/mol. The molecule has 19 heavy (non-hydrogen) atoms. The fourth-order valence-electron chi connectivity index (χ4n) is 2.75. The monoisotopic (exact) mass is 324 g/mol. The van der Waals surface area contributed by atoms with Gasteiger partial charge in [0.2, 0.25) is 5.91 Å². The highest BCUT2D eigenvalue weighted by Crippen LogP contribution is 2.31. The Bertz CT molecular complexity index is 442. The number of amides is 1. The predicted octanol–water partition coefficient (Wildman–Crippen LogP) is 2.85. The molecule has 1 aliphatic rings. The minimum absolute atomic E-state index is 0.190. The lowest BCUT2D eigenvalue weighted by Gasteiger charge is -2.26. The highest BCUT2D eigenvalue weighted by Gasteiger charge is 2.39. The summed E-state index contributed by atoms with van der Waals surface area (Å²) in [4.78, 5) is 12.5. The maximum Gasteiger partial charge on any atom is 0.227 e. The van der Waals surface area contributed by atoms with Crippen molar-refractivity contribution in [3.05, 3.63) is 34.3 Å². The fraction of sp³-hybridized carbons (Fsp3) is 0.533. The summed E-state index contributed by atoms with van der Waals surface area (Å²) in [7, 11) is 0. The molecule has 1 unspecified atom stereocenters. The van der Waals surface area contributed by atoms with Crippen molar-refractivity contribution in [2.24, 2.45) is 5.41 Å². The normalized spacial score (nSPS) is 22.4. The molecule has 2 N–H and O–H groups in total. The minimum Gasteiger partial charge on any atom is -0.351 e. The van der Waals surface area contributed by atoms with Crippen LogP contribution >= 0.6 is 15.9 Å². The number of nitrogens with one attached hydrogen (secondary N) is 2. The SMILES string of the molecule is CCCC1(C(=O)NCc2ccccc2Br)CCNC1. The highest BCUT2D eigenvalue weighted by atomic mass is 79.9. The summed E-state index contributed by atoms with van der Waals surface area (Å²) in [5, 5.41) is 6.42. The second kappa shape index (κ2) is 6.53. The Morgan fingerprint density at radius 1 is 1.47 bits per heavy atom. The van der Waals surface area contributed by atoms with Crippen LogP contribution in [0.15, 0.2) is 28.7 Å². The lowest BCUT2D eigenvalue weighted by atomic mass is 9.81. The van der Waals surface area contributed by atoms with E-state index in [-0.39, 0.29) is 11.3 Å². The number of halogens is 1. The largest absolute Gasteiger partial charge is 0.351 e. The van der Waals surface area contributed by atoms with E-state index in [1.165, 1.54) is 0 Å². The maximum absolute atomic E-state index is 12.5. The van der Waals surface area contributed by atoms with Gasteiger partial charge in [0.05, 0.1) is 5.41 Å². The molecule has 1 atom stereocenters. The van der Waals surface area contributed by atoms with Crippen molar-refractivity contribution >= 4 is 21.8 Å². The van der Waals surface area contributed by atoms with E-state index in [1.54, 1.807) is 0 Å². The van der Waals surface area contributed by atoms with Gasteiger partial charge >= 0.3 is 0 Å². The molecule has 1 amide bonds. The first-order chi connectivity index (χ1) is 9.18. The zero-order valence-corrected chi connectivity index (χ0v) is 12.9. The van der Waals surface area contributed by atoms with Crippen molar-refractivity contribution in [3.63, 3.8) is 0 Å². The summed E-state index contributed by atoms with van der Waals surface area (Å²) in [5.74, 6) is 0.190. The first kappa shape index (κ1) is 14.5. The molecule has 1 aliphatic heterocycles. The Morgan fingerprint density at radius 3 is 2.89 bits per heavy atom. The molecule has 104 valence electrons. The van der Waals surface area contributed by atoms with E-state index in [1.807, 2.05) is 24.3 Å². The summed E-state index contributed by atoms with van der Waals surface area (Å²) in [6.07, 6.45) is 2.95. The van der Waals surface area contributed by atoms with Crippen LogP contribution < -0.4 is 10.6 Å². The molecule has 0 aromatic heterocycles. The molecule has 1 heterocycles. The molecule has 1 saturated heterocycles. The topological polar surface area (TPSA) is 41.1 Å². The second-order valence-corrected chi connectivity index (χ2v) is 6.09. The smallest absolute Gasteiger partial charge is 0.227 e. The molecule has 0 spiro atoms. The molecule has 1 fully saturated rings. The van der Waals surface area contributed by atoms with Gasteiger partial charge in [0.25, 0.3) is 0 Å². The van der Waals surface area contributed by atoms with Gasteiger partial charge in [-0.25, -0.2) is 0 Å². The summed E-state index contributed by atoms with van der Waals surface area (Å²) in [6, 6.07) is 8.00. The van der Waals surface area contributed by atoms with E-state index >= 15 is 0 Å². The number of benzene rings is 1. The summed E-state index contributed by atoms with van der Waals surface area (Å²) in [5.41, 5.74) is 0.921. The van der Waals surface area contributed by atoms with Gasteiger partial charge in [-0.05, 0) is 31.0 Å². The average Bonchev–Trinajstić information content (AvgIpc) is 2.88. The van der Waals surface area contributed by atoms with Crippen LogP contribution in [0.3, 0.4) is 0 Å². The third-order valence-corrected chi connectivity index (χ3v) is 4.62. The number of hydrogen-bond acceptors (Lipinski definition) is 2. The highest BCUT2D eigenvalue weighted by molar-refractivity contribution is 9.10. The Labute approximate surface area is 123 Å². The van der Waals surface area contributed by atoms with Crippen molar-refractivity contribution in [1.29, 1.82) is 0 Å². The molecular formula is C15H21BrN2O. The molecule has 0 bridgehead atoms. The predicted molar refractivity (Wildman–Crippen MR) is 80.8 cm³/mol. The van der Waals surface area contributed by atoms with Crippen molar-refractivity contribution in [3.8, 4) is 0 Å². The van der Waals surface area contributed by atoms with Gasteiger partial charge in [0.1, 0.15) is 0 Å². The first-order valence-corrected chi connectivity index (χ1v) is 7.70. The quantitative estimate of drug-likeness (QED) is 0.874. The van der Waals surface area contributed by atoms with Gasteiger partial charge in [-0.3, -0.25) is 4.79 Å². The van der Waals surface area contributed by atoms with E-state index in [9.17, 15) is 4.79 Å². The van der Waals surface area contributed by atoms with Crippen LogP contribution in [0.4, 0.5) is 0 Å². The van der Waals surface area contributed by atoms with Crippen molar-refractivity contribution in [1.82, 2.24) is 10.6 Å². The van der Waals surface area contributed by atoms with Crippen LogP contribution in [0.5, 0.6) is 0 Å². The van der Waals surface area contributed by atoms with Crippen LogP contribution in [0.1, 0.15) is 31.7 Å². The minimum atomic E-state index is -0.198. The van der Waals surface area contributed by atoms with Gasteiger partial charge < -0.3 is 10.6 Å². The first-order valence-electron chi connectivity index (χ1n) is 6.90. The number of rotatable bonds is 5. The van der Waals surface area contributed by atoms with Crippen molar-refractivity contribution < 1.29 is 4.79 Å².